The normalized spacial score (nSPS) is 22.5. The average molecular weight is 318 g/mol. The molecule has 1 aromatic heterocycles. The Morgan fingerprint density at radius 3 is 2.61 bits per heavy atom. The molecule has 2 aliphatic rings. The van der Waals surface area contributed by atoms with E-state index in [0.717, 1.165) is 50.4 Å². The Morgan fingerprint density at radius 2 is 1.96 bits per heavy atom. The fourth-order valence-electron chi connectivity index (χ4n) is 3.90. The second-order valence-electron chi connectivity index (χ2n) is 7.08. The number of β-amino-alcohol motifs (C(OH)–C–C–N with tert-alkyl or cyclic N) is 1. The Bertz CT molecular complexity index is 567. The molecule has 1 atom stereocenters. The fraction of sp³-hybridized carbons (Fsp3) is 0.706. The Kier molecular flexibility index (Phi) is 4.53. The molecule has 0 unspecified atom stereocenters. The standard InChI is InChI=1S/C17H26N4O2/c1-13(22)11-21-12-17(4-3-15(21)23)5-9-20(10-6-17)16-14(2)18-7-8-19-16/h7-8,13,22H,3-6,9-12H2,1-2H3/t13-/m1/s1. The molecule has 23 heavy (non-hydrogen) atoms. The molecule has 1 N–H and O–H groups in total. The number of amides is 1. The third-order valence-electron chi connectivity index (χ3n) is 5.21. The van der Waals surface area contributed by atoms with Crippen molar-refractivity contribution in [1.29, 1.82) is 0 Å². The van der Waals surface area contributed by atoms with Crippen LogP contribution >= 0.6 is 0 Å². The van der Waals surface area contributed by atoms with Crippen molar-refractivity contribution in [3.8, 4) is 0 Å². The molecule has 2 saturated heterocycles. The van der Waals surface area contributed by atoms with E-state index in [0.29, 0.717) is 13.0 Å². The second kappa shape index (κ2) is 6.43. The highest BCUT2D eigenvalue weighted by molar-refractivity contribution is 5.77. The van der Waals surface area contributed by atoms with Crippen molar-refractivity contribution in [1.82, 2.24) is 14.9 Å². The van der Waals surface area contributed by atoms with Crippen LogP contribution in [0.4, 0.5) is 5.82 Å². The van der Waals surface area contributed by atoms with E-state index in [9.17, 15) is 9.90 Å². The zero-order valence-corrected chi connectivity index (χ0v) is 14.0. The fourth-order valence-corrected chi connectivity index (χ4v) is 3.90. The number of carbonyl (C=O) groups is 1. The predicted octanol–water partition coefficient (Wildman–Crippen LogP) is 1.37. The van der Waals surface area contributed by atoms with Gasteiger partial charge in [0.2, 0.25) is 5.91 Å². The highest BCUT2D eigenvalue weighted by Crippen LogP contribution is 2.41. The molecule has 6 nitrogen and oxygen atoms in total. The van der Waals surface area contributed by atoms with Gasteiger partial charge >= 0.3 is 0 Å². The molecule has 1 spiro atoms. The quantitative estimate of drug-likeness (QED) is 0.912. The van der Waals surface area contributed by atoms with E-state index in [1.807, 2.05) is 11.8 Å². The smallest absolute Gasteiger partial charge is 0.222 e. The summed E-state index contributed by atoms with van der Waals surface area (Å²) >= 11 is 0. The van der Waals surface area contributed by atoms with Crippen LogP contribution in [0.3, 0.4) is 0 Å². The maximum Gasteiger partial charge on any atom is 0.222 e. The number of piperidine rings is 2. The van der Waals surface area contributed by atoms with Gasteiger partial charge in [-0.2, -0.15) is 0 Å². The highest BCUT2D eigenvalue weighted by Gasteiger charge is 2.41. The number of hydrogen-bond donors (Lipinski definition) is 1. The molecule has 1 aromatic rings. The van der Waals surface area contributed by atoms with E-state index < -0.39 is 6.10 Å². The first-order valence-corrected chi connectivity index (χ1v) is 8.47. The number of hydrogen-bond acceptors (Lipinski definition) is 5. The third-order valence-corrected chi connectivity index (χ3v) is 5.21. The molecule has 0 radical (unpaired) electrons. The Balaban J connectivity index is 1.66. The van der Waals surface area contributed by atoms with Crippen molar-refractivity contribution in [2.45, 2.75) is 45.6 Å². The number of rotatable bonds is 3. The summed E-state index contributed by atoms with van der Waals surface area (Å²) in [6.45, 7) is 6.88. The van der Waals surface area contributed by atoms with Gasteiger partial charge in [-0.1, -0.05) is 0 Å². The van der Waals surface area contributed by atoms with Crippen LogP contribution < -0.4 is 4.90 Å². The Labute approximate surface area is 137 Å². The number of likely N-dealkylation sites (tertiary alicyclic amines) is 1. The van der Waals surface area contributed by atoms with E-state index in [-0.39, 0.29) is 11.3 Å². The van der Waals surface area contributed by atoms with Crippen LogP contribution in [-0.2, 0) is 4.79 Å². The zero-order chi connectivity index (χ0) is 16.4. The molecule has 0 aliphatic carbocycles. The topological polar surface area (TPSA) is 69.6 Å². The van der Waals surface area contributed by atoms with Crippen LogP contribution in [0.5, 0.6) is 0 Å². The van der Waals surface area contributed by atoms with E-state index in [1.165, 1.54) is 0 Å². The molecule has 3 heterocycles. The van der Waals surface area contributed by atoms with Crippen molar-refractivity contribution in [2.75, 3.05) is 31.1 Å². The number of anilines is 1. The minimum absolute atomic E-state index is 0.184. The first-order chi connectivity index (χ1) is 11.0. The van der Waals surface area contributed by atoms with Gasteiger partial charge in [0.25, 0.3) is 0 Å². The van der Waals surface area contributed by atoms with E-state index in [2.05, 4.69) is 14.9 Å². The SMILES string of the molecule is Cc1nccnc1N1CCC2(CCC(=O)N(C[C@@H](C)O)C2)CC1. The summed E-state index contributed by atoms with van der Waals surface area (Å²) in [5.74, 6) is 1.17. The van der Waals surface area contributed by atoms with Crippen molar-refractivity contribution in [3.05, 3.63) is 18.1 Å². The maximum atomic E-state index is 12.1. The number of nitrogens with zero attached hydrogens (tertiary/aromatic N) is 4. The monoisotopic (exact) mass is 318 g/mol. The molecule has 126 valence electrons. The van der Waals surface area contributed by atoms with Crippen molar-refractivity contribution >= 4 is 11.7 Å². The lowest BCUT2D eigenvalue weighted by Crippen LogP contribution is -2.53. The summed E-state index contributed by atoms with van der Waals surface area (Å²) in [5.41, 5.74) is 1.17. The summed E-state index contributed by atoms with van der Waals surface area (Å²) in [6, 6.07) is 0. The van der Waals surface area contributed by atoms with Gasteiger partial charge in [0.15, 0.2) is 0 Å². The summed E-state index contributed by atoms with van der Waals surface area (Å²) in [7, 11) is 0. The molecule has 2 fully saturated rings. The molecule has 2 aliphatic heterocycles. The number of aromatic nitrogens is 2. The molecule has 0 saturated carbocycles. The molecule has 0 aromatic carbocycles. The molecular weight excluding hydrogens is 292 g/mol. The minimum atomic E-state index is -0.462. The second-order valence-corrected chi connectivity index (χ2v) is 7.08. The van der Waals surface area contributed by atoms with Gasteiger partial charge in [0.05, 0.1) is 11.8 Å². The third kappa shape index (κ3) is 3.47. The van der Waals surface area contributed by atoms with Crippen LogP contribution in [0, 0.1) is 12.3 Å². The lowest BCUT2D eigenvalue weighted by atomic mass is 9.72. The maximum absolute atomic E-state index is 12.1. The molecule has 0 bridgehead atoms. The van der Waals surface area contributed by atoms with Gasteiger partial charge in [-0.15, -0.1) is 0 Å². The molecule has 3 rings (SSSR count). The lowest BCUT2D eigenvalue weighted by Gasteiger charge is -2.48. The number of aliphatic hydroxyl groups excluding tert-OH is 1. The summed E-state index contributed by atoms with van der Waals surface area (Å²) < 4.78 is 0. The molecule has 6 heteroatoms. The van der Waals surface area contributed by atoms with Crippen molar-refractivity contribution in [2.24, 2.45) is 5.41 Å². The van der Waals surface area contributed by atoms with Crippen LogP contribution in [-0.4, -0.2) is 58.2 Å². The predicted molar refractivity (Wildman–Crippen MR) is 88.1 cm³/mol. The van der Waals surface area contributed by atoms with E-state index >= 15 is 0 Å². The van der Waals surface area contributed by atoms with Crippen LogP contribution in [0.25, 0.3) is 0 Å². The first kappa shape index (κ1) is 16.2. The van der Waals surface area contributed by atoms with Gasteiger partial charge < -0.3 is 14.9 Å². The average Bonchev–Trinajstić information content (AvgIpc) is 2.52. The van der Waals surface area contributed by atoms with Crippen LogP contribution in [0.1, 0.15) is 38.3 Å². The van der Waals surface area contributed by atoms with Gasteiger partial charge in [-0.25, -0.2) is 4.98 Å². The largest absolute Gasteiger partial charge is 0.392 e. The number of carbonyl (C=O) groups excluding carboxylic acids is 1. The molecule has 1 amide bonds. The number of aryl methyl sites for hydroxylation is 1. The van der Waals surface area contributed by atoms with Crippen LogP contribution in [0.15, 0.2) is 12.4 Å². The summed E-state index contributed by atoms with van der Waals surface area (Å²) in [6.07, 6.45) is 6.71. The zero-order valence-electron chi connectivity index (χ0n) is 14.0. The highest BCUT2D eigenvalue weighted by atomic mass is 16.3. The van der Waals surface area contributed by atoms with E-state index in [1.54, 1.807) is 19.3 Å². The Hall–Kier alpha value is -1.69. The first-order valence-electron chi connectivity index (χ1n) is 8.47. The van der Waals surface area contributed by atoms with Gasteiger partial charge in [-0.05, 0) is 38.5 Å². The molecular formula is C17H26N4O2. The van der Waals surface area contributed by atoms with Crippen molar-refractivity contribution < 1.29 is 9.90 Å². The summed E-state index contributed by atoms with van der Waals surface area (Å²) in [5, 5.41) is 9.61. The van der Waals surface area contributed by atoms with E-state index in [4.69, 9.17) is 0 Å². The minimum Gasteiger partial charge on any atom is -0.392 e. The lowest BCUT2D eigenvalue weighted by molar-refractivity contribution is -0.139. The van der Waals surface area contributed by atoms with Gasteiger partial charge in [0.1, 0.15) is 5.82 Å². The van der Waals surface area contributed by atoms with Gasteiger partial charge in [-0.3, -0.25) is 9.78 Å². The number of aliphatic hydroxyl groups is 1. The Morgan fingerprint density at radius 1 is 1.26 bits per heavy atom. The summed E-state index contributed by atoms with van der Waals surface area (Å²) in [4.78, 5) is 25.0. The van der Waals surface area contributed by atoms with Crippen molar-refractivity contribution in [3.63, 3.8) is 0 Å². The van der Waals surface area contributed by atoms with Crippen LogP contribution in [0.2, 0.25) is 0 Å². The van der Waals surface area contributed by atoms with Gasteiger partial charge in [0, 0.05) is 45.0 Å².